The molecule has 0 aliphatic heterocycles. The molecule has 1 aromatic rings. The first-order chi connectivity index (χ1) is 8.06. The number of hydrogen-bond acceptors (Lipinski definition) is 5. The van der Waals surface area contributed by atoms with Gasteiger partial charge in [0.1, 0.15) is 11.6 Å². The number of carboxylic acids is 1. The molecule has 0 saturated heterocycles. The van der Waals surface area contributed by atoms with Gasteiger partial charge in [0.05, 0.1) is 16.2 Å². The number of nitrogens with zero attached hydrogens (tertiary/aromatic N) is 2. The van der Waals surface area contributed by atoms with Crippen LogP contribution in [0.3, 0.4) is 0 Å². The number of benzene rings is 1. The monoisotopic (exact) mass is 252 g/mol. The molecule has 0 amide bonds. The van der Waals surface area contributed by atoms with E-state index in [0.29, 0.717) is 4.90 Å². The molecule has 0 radical (unpaired) electrons. The van der Waals surface area contributed by atoms with E-state index in [2.05, 4.69) is 0 Å². The van der Waals surface area contributed by atoms with Gasteiger partial charge in [0.2, 0.25) is 0 Å². The Morgan fingerprint density at radius 2 is 2.29 bits per heavy atom. The van der Waals surface area contributed by atoms with Crippen molar-refractivity contribution in [3.8, 4) is 6.07 Å². The van der Waals surface area contributed by atoms with Crippen molar-refractivity contribution in [1.82, 2.24) is 0 Å². The van der Waals surface area contributed by atoms with Crippen LogP contribution in [0.4, 0.5) is 5.69 Å². The molecule has 88 valence electrons. The predicted molar refractivity (Wildman–Crippen MR) is 60.8 cm³/mol. The van der Waals surface area contributed by atoms with E-state index in [9.17, 15) is 14.9 Å². The van der Waals surface area contributed by atoms with Crippen LogP contribution in [0.1, 0.15) is 12.0 Å². The van der Waals surface area contributed by atoms with E-state index in [1.54, 1.807) is 6.07 Å². The predicted octanol–water partition coefficient (Wildman–Crippen LogP) is 2.03. The molecule has 0 aliphatic rings. The van der Waals surface area contributed by atoms with E-state index < -0.39 is 10.9 Å². The second-order valence-electron chi connectivity index (χ2n) is 3.01. The van der Waals surface area contributed by atoms with Crippen molar-refractivity contribution in [2.75, 3.05) is 5.75 Å². The van der Waals surface area contributed by atoms with Gasteiger partial charge in [-0.3, -0.25) is 14.9 Å². The zero-order valence-electron chi connectivity index (χ0n) is 8.62. The standard InChI is InChI=1S/C10H8N2O4S/c11-6-7-2-1-3-8(10(7)12(15)16)17-5-4-9(13)14/h1-3H,4-5H2,(H,13,14). The van der Waals surface area contributed by atoms with E-state index in [1.807, 2.05) is 0 Å². The minimum absolute atomic E-state index is 0.0182. The second kappa shape index (κ2) is 5.86. The Bertz CT molecular complexity index is 496. The molecule has 0 fully saturated rings. The highest BCUT2D eigenvalue weighted by molar-refractivity contribution is 7.99. The van der Waals surface area contributed by atoms with Gasteiger partial charge < -0.3 is 5.11 Å². The zero-order valence-corrected chi connectivity index (χ0v) is 9.44. The van der Waals surface area contributed by atoms with Gasteiger partial charge in [0, 0.05) is 5.75 Å². The summed E-state index contributed by atoms with van der Waals surface area (Å²) in [6.07, 6.45) is -0.0847. The summed E-state index contributed by atoms with van der Waals surface area (Å²) < 4.78 is 0. The van der Waals surface area contributed by atoms with E-state index in [0.717, 1.165) is 11.8 Å². The van der Waals surface area contributed by atoms with Crippen molar-refractivity contribution < 1.29 is 14.8 Å². The van der Waals surface area contributed by atoms with E-state index in [4.69, 9.17) is 10.4 Å². The van der Waals surface area contributed by atoms with Gasteiger partial charge >= 0.3 is 11.7 Å². The highest BCUT2D eigenvalue weighted by Crippen LogP contribution is 2.32. The van der Waals surface area contributed by atoms with Gasteiger partial charge in [0.15, 0.2) is 0 Å². The number of hydrogen-bond donors (Lipinski definition) is 1. The zero-order chi connectivity index (χ0) is 12.8. The number of nitriles is 1. The summed E-state index contributed by atoms with van der Waals surface area (Å²) in [5.41, 5.74) is -0.277. The fourth-order valence-electron chi connectivity index (χ4n) is 1.17. The van der Waals surface area contributed by atoms with Crippen molar-refractivity contribution in [1.29, 1.82) is 5.26 Å². The number of rotatable bonds is 5. The SMILES string of the molecule is N#Cc1cccc(SCCC(=O)O)c1[N+](=O)[O-]. The highest BCUT2D eigenvalue weighted by Gasteiger charge is 2.19. The Hall–Kier alpha value is -2.07. The van der Waals surface area contributed by atoms with Gasteiger partial charge in [-0.05, 0) is 12.1 Å². The molecular formula is C10H8N2O4S. The molecule has 1 aromatic carbocycles. The topological polar surface area (TPSA) is 104 Å². The molecule has 1 rings (SSSR count). The lowest BCUT2D eigenvalue weighted by molar-refractivity contribution is -0.388. The molecule has 6 nitrogen and oxygen atoms in total. The molecule has 0 aromatic heterocycles. The molecule has 0 spiro atoms. The van der Waals surface area contributed by atoms with Crippen LogP contribution in [0.2, 0.25) is 0 Å². The Balaban J connectivity index is 2.95. The van der Waals surface area contributed by atoms with E-state index in [-0.39, 0.29) is 23.4 Å². The fraction of sp³-hybridized carbons (Fsp3) is 0.200. The average Bonchev–Trinajstić information content (AvgIpc) is 2.27. The number of carbonyl (C=O) groups is 1. The first-order valence-corrected chi connectivity index (χ1v) is 5.57. The molecular weight excluding hydrogens is 244 g/mol. The van der Waals surface area contributed by atoms with Crippen LogP contribution in [0.25, 0.3) is 0 Å². The smallest absolute Gasteiger partial charge is 0.304 e. The maximum atomic E-state index is 10.8. The van der Waals surface area contributed by atoms with E-state index in [1.165, 1.54) is 18.2 Å². The number of para-hydroxylation sites is 1. The van der Waals surface area contributed by atoms with Gasteiger partial charge in [-0.15, -0.1) is 11.8 Å². The van der Waals surface area contributed by atoms with Gasteiger partial charge in [-0.25, -0.2) is 0 Å². The third kappa shape index (κ3) is 3.46. The molecule has 0 atom stereocenters. The maximum Gasteiger partial charge on any atom is 0.304 e. The molecule has 0 aliphatic carbocycles. The summed E-state index contributed by atoms with van der Waals surface area (Å²) >= 11 is 1.06. The third-order valence-corrected chi connectivity index (χ3v) is 2.92. The number of nitro groups is 1. The molecule has 1 N–H and O–H groups in total. The van der Waals surface area contributed by atoms with Crippen molar-refractivity contribution >= 4 is 23.4 Å². The first kappa shape index (κ1) is 13.0. The normalized spacial score (nSPS) is 9.59. The van der Waals surface area contributed by atoms with Gasteiger partial charge in [0.25, 0.3) is 0 Å². The molecule has 7 heteroatoms. The Kier molecular flexibility index (Phi) is 4.48. The molecule has 0 saturated carbocycles. The Morgan fingerprint density at radius 3 is 2.82 bits per heavy atom. The fourth-order valence-corrected chi connectivity index (χ4v) is 2.16. The minimum Gasteiger partial charge on any atom is -0.481 e. The lowest BCUT2D eigenvalue weighted by Gasteiger charge is -2.02. The Morgan fingerprint density at radius 1 is 1.59 bits per heavy atom. The lowest BCUT2D eigenvalue weighted by Crippen LogP contribution is -1.98. The van der Waals surface area contributed by atoms with Crippen LogP contribution in [0.15, 0.2) is 23.1 Å². The van der Waals surface area contributed by atoms with Crippen LogP contribution in [-0.2, 0) is 4.79 Å². The van der Waals surface area contributed by atoms with Crippen molar-refractivity contribution in [3.05, 3.63) is 33.9 Å². The van der Waals surface area contributed by atoms with Crippen molar-refractivity contribution in [2.24, 2.45) is 0 Å². The summed E-state index contributed by atoms with van der Waals surface area (Å²) in [4.78, 5) is 20.8. The van der Waals surface area contributed by atoms with Crippen molar-refractivity contribution in [3.63, 3.8) is 0 Å². The van der Waals surface area contributed by atoms with Crippen LogP contribution in [0, 0.1) is 21.4 Å². The van der Waals surface area contributed by atoms with Crippen LogP contribution >= 0.6 is 11.8 Å². The highest BCUT2D eigenvalue weighted by atomic mass is 32.2. The maximum absolute atomic E-state index is 10.8. The lowest BCUT2D eigenvalue weighted by atomic mass is 10.2. The number of aliphatic carboxylic acids is 1. The summed E-state index contributed by atoms with van der Waals surface area (Å²) in [6, 6.07) is 6.15. The second-order valence-corrected chi connectivity index (χ2v) is 4.15. The number of nitro benzene ring substituents is 1. The quantitative estimate of drug-likeness (QED) is 0.488. The summed E-state index contributed by atoms with van der Waals surface area (Å²) in [7, 11) is 0. The van der Waals surface area contributed by atoms with Crippen molar-refractivity contribution in [2.45, 2.75) is 11.3 Å². The number of thioether (sulfide) groups is 1. The van der Waals surface area contributed by atoms with Crippen LogP contribution < -0.4 is 0 Å². The molecule has 0 heterocycles. The first-order valence-electron chi connectivity index (χ1n) is 4.58. The summed E-state index contributed by atoms with van der Waals surface area (Å²) in [5.74, 6) is -0.734. The molecule has 17 heavy (non-hydrogen) atoms. The molecule has 0 unspecified atom stereocenters. The summed E-state index contributed by atoms with van der Waals surface area (Å²) in [6.45, 7) is 0. The van der Waals surface area contributed by atoms with E-state index >= 15 is 0 Å². The largest absolute Gasteiger partial charge is 0.481 e. The van der Waals surface area contributed by atoms with Gasteiger partial charge in [-0.1, -0.05) is 6.07 Å². The molecule has 0 bridgehead atoms. The third-order valence-electron chi connectivity index (χ3n) is 1.88. The summed E-state index contributed by atoms with van der Waals surface area (Å²) in [5, 5.41) is 28.0. The van der Waals surface area contributed by atoms with Crippen LogP contribution in [0.5, 0.6) is 0 Å². The van der Waals surface area contributed by atoms with Crippen LogP contribution in [-0.4, -0.2) is 21.8 Å². The minimum atomic E-state index is -0.961. The Labute approximate surface area is 101 Å². The number of carboxylic acid groups (broad SMARTS) is 1. The van der Waals surface area contributed by atoms with Gasteiger partial charge in [-0.2, -0.15) is 5.26 Å². The average molecular weight is 252 g/mol.